The molecule has 0 saturated carbocycles. The van der Waals surface area contributed by atoms with Gasteiger partial charge < -0.3 is 9.64 Å². The smallest absolute Gasteiger partial charge is 0.409 e. The summed E-state index contributed by atoms with van der Waals surface area (Å²) in [6.45, 7) is 8.40. The van der Waals surface area contributed by atoms with E-state index < -0.39 is 18.2 Å². The third kappa shape index (κ3) is 7.93. The molecule has 0 atom stereocenters. The van der Waals surface area contributed by atoms with Gasteiger partial charge in [0.15, 0.2) is 5.82 Å². The van der Waals surface area contributed by atoms with Crippen molar-refractivity contribution in [3.05, 3.63) is 23.8 Å². The lowest BCUT2D eigenvalue weighted by Crippen LogP contribution is -2.39. The molecule has 0 unspecified atom stereocenters. The van der Waals surface area contributed by atoms with Crippen LogP contribution in [0.4, 0.5) is 4.79 Å². The molecule has 1 saturated heterocycles. The number of hydrogen-bond acceptors (Lipinski definition) is 7. The topological polar surface area (TPSA) is 98.7 Å². The van der Waals surface area contributed by atoms with Crippen LogP contribution in [-0.4, -0.2) is 63.4 Å². The second kappa shape index (κ2) is 9.11. The molecule has 2 heterocycles. The molecule has 0 aromatic carbocycles. The number of nitrogens with zero attached hydrogens (tertiary/aromatic N) is 3. The highest BCUT2D eigenvalue weighted by molar-refractivity contribution is 7.85. The standard InChI is InChI=1S/C17H29N3O5SSi/c1-26(22,23)25-13-16-18-11-15(12-19-16)14-5-7-20(8-6-14)17(21)24-9-10-27(2,3)4/h11-12,14H,5-10,13H2,1-4H3. The monoisotopic (exact) mass is 415 g/mol. The minimum Gasteiger partial charge on any atom is -0.450 e. The van der Waals surface area contributed by atoms with E-state index in [0.717, 1.165) is 30.7 Å². The van der Waals surface area contributed by atoms with Gasteiger partial charge in [0.05, 0.1) is 12.9 Å². The van der Waals surface area contributed by atoms with Gasteiger partial charge in [-0.2, -0.15) is 8.42 Å². The highest BCUT2D eigenvalue weighted by atomic mass is 32.2. The van der Waals surface area contributed by atoms with Gasteiger partial charge in [-0.05, 0) is 30.4 Å². The van der Waals surface area contributed by atoms with E-state index >= 15 is 0 Å². The van der Waals surface area contributed by atoms with Gasteiger partial charge >= 0.3 is 6.09 Å². The maximum atomic E-state index is 12.2. The first-order chi connectivity index (χ1) is 12.5. The fourth-order valence-corrected chi connectivity index (χ4v) is 3.77. The van der Waals surface area contributed by atoms with Crippen LogP contribution in [0.5, 0.6) is 0 Å². The number of ether oxygens (including phenoxy) is 1. The third-order valence-electron chi connectivity index (χ3n) is 4.43. The lowest BCUT2D eigenvalue weighted by Gasteiger charge is -2.31. The van der Waals surface area contributed by atoms with E-state index in [-0.39, 0.29) is 18.6 Å². The molecule has 0 spiro atoms. The number of likely N-dealkylation sites (tertiary alicyclic amines) is 1. The van der Waals surface area contributed by atoms with E-state index in [1.54, 1.807) is 17.3 Å². The van der Waals surface area contributed by atoms with Gasteiger partial charge in [0, 0.05) is 33.6 Å². The molecular weight excluding hydrogens is 386 g/mol. The van der Waals surface area contributed by atoms with Crippen LogP contribution in [0.1, 0.15) is 30.1 Å². The molecule has 27 heavy (non-hydrogen) atoms. The van der Waals surface area contributed by atoms with Gasteiger partial charge in [0.2, 0.25) is 0 Å². The lowest BCUT2D eigenvalue weighted by molar-refractivity contribution is 0.0968. The fraction of sp³-hybridized carbons (Fsp3) is 0.706. The predicted molar refractivity (Wildman–Crippen MR) is 105 cm³/mol. The molecule has 10 heteroatoms. The van der Waals surface area contributed by atoms with Crippen LogP contribution in [0.15, 0.2) is 12.4 Å². The number of carbonyl (C=O) groups is 1. The molecule has 1 aromatic heterocycles. The normalized spacial score (nSPS) is 16.4. The van der Waals surface area contributed by atoms with Gasteiger partial charge in [-0.25, -0.2) is 14.8 Å². The summed E-state index contributed by atoms with van der Waals surface area (Å²) in [4.78, 5) is 22.3. The molecule has 1 aliphatic rings. The van der Waals surface area contributed by atoms with Crippen LogP contribution in [0.25, 0.3) is 0 Å². The van der Waals surface area contributed by atoms with Crippen molar-refractivity contribution in [2.45, 2.75) is 51.1 Å². The summed E-state index contributed by atoms with van der Waals surface area (Å²) in [5.41, 5.74) is 0.991. The summed E-state index contributed by atoms with van der Waals surface area (Å²) in [6.07, 6.45) is 5.83. The van der Waals surface area contributed by atoms with E-state index in [0.29, 0.717) is 25.5 Å². The van der Waals surface area contributed by atoms with Crippen molar-refractivity contribution in [2.75, 3.05) is 26.0 Å². The zero-order valence-electron chi connectivity index (χ0n) is 16.5. The maximum absolute atomic E-state index is 12.2. The Morgan fingerprint density at radius 3 is 2.33 bits per heavy atom. The van der Waals surface area contributed by atoms with Gasteiger partial charge in [-0.15, -0.1) is 0 Å². The van der Waals surface area contributed by atoms with Crippen molar-refractivity contribution >= 4 is 24.3 Å². The lowest BCUT2D eigenvalue weighted by atomic mass is 9.91. The number of hydrogen-bond donors (Lipinski definition) is 0. The Balaban J connectivity index is 1.78. The number of aromatic nitrogens is 2. The average Bonchev–Trinajstić information content (AvgIpc) is 2.59. The van der Waals surface area contributed by atoms with Crippen LogP contribution in [0, 0.1) is 0 Å². The van der Waals surface area contributed by atoms with Crippen molar-refractivity contribution in [3.63, 3.8) is 0 Å². The van der Waals surface area contributed by atoms with Crippen molar-refractivity contribution < 1.29 is 22.1 Å². The summed E-state index contributed by atoms with van der Waals surface area (Å²) >= 11 is 0. The molecule has 0 N–H and O–H groups in total. The minimum atomic E-state index is -3.51. The molecule has 0 aliphatic carbocycles. The van der Waals surface area contributed by atoms with Crippen LogP contribution in [0.2, 0.25) is 25.7 Å². The van der Waals surface area contributed by atoms with E-state index in [9.17, 15) is 13.2 Å². The van der Waals surface area contributed by atoms with E-state index in [2.05, 4.69) is 33.8 Å². The SMILES string of the molecule is C[Si](C)(C)CCOC(=O)N1CCC(c2cnc(COS(C)(=O)=O)nc2)CC1. The summed E-state index contributed by atoms with van der Waals surface area (Å²) in [6, 6.07) is 0.974. The van der Waals surface area contributed by atoms with Gasteiger partial charge in [0.1, 0.15) is 6.61 Å². The quantitative estimate of drug-likeness (QED) is 0.498. The van der Waals surface area contributed by atoms with Crippen molar-refractivity contribution in [1.29, 1.82) is 0 Å². The predicted octanol–water partition coefficient (Wildman–Crippen LogP) is 2.61. The first kappa shape index (κ1) is 21.8. The Hall–Kier alpha value is -1.52. The van der Waals surface area contributed by atoms with Crippen LogP contribution >= 0.6 is 0 Å². The second-order valence-corrected chi connectivity index (χ2v) is 15.4. The van der Waals surface area contributed by atoms with Gasteiger partial charge in [-0.3, -0.25) is 4.18 Å². The van der Waals surface area contributed by atoms with E-state index in [1.165, 1.54) is 0 Å². The molecular formula is C17H29N3O5SSi. The highest BCUT2D eigenvalue weighted by Crippen LogP contribution is 2.27. The van der Waals surface area contributed by atoms with Crippen molar-refractivity contribution in [2.24, 2.45) is 0 Å². The molecule has 1 amide bonds. The van der Waals surface area contributed by atoms with E-state index in [4.69, 9.17) is 4.74 Å². The Bertz CT molecular complexity index is 726. The summed E-state index contributed by atoms with van der Waals surface area (Å²) in [7, 11) is -4.71. The van der Waals surface area contributed by atoms with Gasteiger partial charge in [-0.1, -0.05) is 19.6 Å². The number of rotatable bonds is 7. The summed E-state index contributed by atoms with van der Waals surface area (Å²) in [5, 5.41) is 0. The fourth-order valence-electron chi connectivity index (χ4n) is 2.74. The first-order valence-corrected chi connectivity index (χ1v) is 14.6. The molecule has 8 nitrogen and oxygen atoms in total. The van der Waals surface area contributed by atoms with E-state index in [1.807, 2.05) is 0 Å². The molecule has 0 radical (unpaired) electrons. The average molecular weight is 416 g/mol. The van der Waals surface area contributed by atoms with Crippen LogP contribution in [0.3, 0.4) is 0 Å². The number of piperidine rings is 1. The Morgan fingerprint density at radius 1 is 1.22 bits per heavy atom. The molecule has 2 rings (SSSR count). The molecule has 0 bridgehead atoms. The van der Waals surface area contributed by atoms with Crippen molar-refractivity contribution in [3.8, 4) is 0 Å². The van der Waals surface area contributed by atoms with Crippen LogP contribution in [-0.2, 0) is 25.6 Å². The number of carbonyl (C=O) groups excluding carboxylic acids is 1. The highest BCUT2D eigenvalue weighted by Gasteiger charge is 2.25. The van der Waals surface area contributed by atoms with Crippen LogP contribution < -0.4 is 0 Å². The Labute approximate surface area is 162 Å². The molecule has 1 fully saturated rings. The minimum absolute atomic E-state index is 0.166. The number of amides is 1. The molecule has 1 aliphatic heterocycles. The zero-order valence-corrected chi connectivity index (χ0v) is 18.3. The molecule has 1 aromatic rings. The largest absolute Gasteiger partial charge is 0.450 e. The van der Waals surface area contributed by atoms with Crippen molar-refractivity contribution in [1.82, 2.24) is 14.9 Å². The first-order valence-electron chi connectivity index (χ1n) is 9.10. The van der Waals surface area contributed by atoms with Gasteiger partial charge in [0.25, 0.3) is 10.1 Å². The summed E-state index contributed by atoms with van der Waals surface area (Å²) < 4.78 is 32.1. The Morgan fingerprint density at radius 2 is 1.81 bits per heavy atom. The zero-order chi connectivity index (χ0) is 20.1. The Kier molecular flexibility index (Phi) is 7.35. The summed E-state index contributed by atoms with van der Waals surface area (Å²) in [5.74, 6) is 0.605. The maximum Gasteiger partial charge on any atom is 0.409 e. The molecule has 152 valence electrons. The second-order valence-electron chi connectivity index (χ2n) is 8.09. The third-order valence-corrected chi connectivity index (χ3v) is 6.68.